The molecular formula is C29H25F2N5O14S. The van der Waals surface area contributed by atoms with Gasteiger partial charge in [0.2, 0.25) is 11.5 Å². The molecule has 0 bridgehead atoms. The van der Waals surface area contributed by atoms with Crippen LogP contribution in [0.1, 0.15) is 64.9 Å². The van der Waals surface area contributed by atoms with Gasteiger partial charge in [-0.1, -0.05) is 5.16 Å². The third-order valence-electron chi connectivity index (χ3n) is 8.90. The number of aliphatic carboxylic acids is 2. The van der Waals surface area contributed by atoms with Crippen LogP contribution in [0.15, 0.2) is 22.7 Å². The minimum absolute atomic E-state index is 0.0464. The second-order valence-electron chi connectivity index (χ2n) is 12.1. The van der Waals surface area contributed by atoms with E-state index >= 15 is 0 Å². The lowest BCUT2D eigenvalue weighted by Gasteiger charge is -2.34. The van der Waals surface area contributed by atoms with Crippen molar-refractivity contribution < 1.29 is 77.2 Å². The van der Waals surface area contributed by atoms with Gasteiger partial charge in [0.15, 0.2) is 28.1 Å². The molecule has 1 aromatic carbocycles. The fraction of sp³-hybridized carbons (Fsp3) is 0.414. The summed E-state index contributed by atoms with van der Waals surface area (Å²) >= 11 is 0.861. The molecule has 6 N–H and O–H groups in total. The first-order valence-electron chi connectivity index (χ1n) is 14.9. The number of aromatic nitrogens is 1. The average Bonchev–Trinajstić information content (AvgIpc) is 3.80. The number of carboxylic acids is 2. The fourth-order valence-corrected chi connectivity index (χ4v) is 6.62. The number of carbonyl (C=O) groups is 7. The minimum Gasteiger partial charge on any atom is -0.504 e. The SMILES string of the molecule is Nc1nc(/C(=N/OC2(C(=O)O)CCC(F)(F)CC2)C(=O)C[C@H]2CON(C3(C(=O)O)C[C@H](N4C(=O)c5cc(O)c(O)cc5C4=O)C(=O)O3)C2=O)cs1. The number of halogens is 2. The maximum Gasteiger partial charge on any atom is 0.372 e. The van der Waals surface area contributed by atoms with Crippen LogP contribution in [0.5, 0.6) is 11.5 Å². The van der Waals surface area contributed by atoms with Gasteiger partial charge in [-0.2, -0.15) is 5.06 Å². The second-order valence-corrected chi connectivity index (χ2v) is 13.0. The second kappa shape index (κ2) is 12.2. The molecule has 0 radical (unpaired) electrons. The normalized spacial score (nSPS) is 25.6. The van der Waals surface area contributed by atoms with Crippen LogP contribution in [0.4, 0.5) is 13.9 Å². The zero-order valence-corrected chi connectivity index (χ0v) is 26.6. The summed E-state index contributed by atoms with van der Waals surface area (Å²) in [5.74, 6) is -15.5. The molecule has 270 valence electrons. The van der Waals surface area contributed by atoms with Crippen LogP contribution < -0.4 is 5.73 Å². The van der Waals surface area contributed by atoms with E-state index in [1.54, 1.807) is 0 Å². The number of hydrogen-bond acceptors (Lipinski definition) is 16. The number of esters is 1. The van der Waals surface area contributed by atoms with E-state index in [0.29, 0.717) is 4.90 Å². The van der Waals surface area contributed by atoms with Crippen LogP contribution in [0.3, 0.4) is 0 Å². The highest BCUT2D eigenvalue weighted by atomic mass is 32.1. The number of phenolic OH excluding ortho intramolecular Hbond substituents is 2. The number of fused-ring (bicyclic) bond motifs is 1. The van der Waals surface area contributed by atoms with Crippen molar-refractivity contribution in [3.05, 3.63) is 34.3 Å². The number of carbonyl (C=O) groups excluding carboxylic acids is 5. The van der Waals surface area contributed by atoms with Crippen LogP contribution >= 0.6 is 11.3 Å². The molecule has 2 aromatic rings. The summed E-state index contributed by atoms with van der Waals surface area (Å²) < 4.78 is 32.7. The summed E-state index contributed by atoms with van der Waals surface area (Å²) in [5, 5.41) is 44.6. The van der Waals surface area contributed by atoms with Gasteiger partial charge in [-0.3, -0.25) is 28.9 Å². The highest BCUT2D eigenvalue weighted by Crippen LogP contribution is 2.43. The Morgan fingerprint density at radius 3 is 2.16 bits per heavy atom. The number of ketones is 1. The van der Waals surface area contributed by atoms with E-state index in [9.17, 15) is 62.8 Å². The van der Waals surface area contributed by atoms with Gasteiger partial charge in [-0.15, -0.1) is 11.3 Å². The Balaban J connectivity index is 1.22. The number of cyclic esters (lactones) is 1. The van der Waals surface area contributed by atoms with Gasteiger partial charge in [0.1, 0.15) is 11.7 Å². The van der Waals surface area contributed by atoms with E-state index in [1.165, 1.54) is 5.38 Å². The molecule has 6 rings (SSSR count). The fourth-order valence-electron chi connectivity index (χ4n) is 6.07. The van der Waals surface area contributed by atoms with Gasteiger partial charge >= 0.3 is 23.6 Å². The minimum atomic E-state index is -3.14. The monoisotopic (exact) mass is 737 g/mol. The number of alkyl halides is 2. The van der Waals surface area contributed by atoms with Crippen LogP contribution in [-0.4, -0.2) is 112 Å². The Labute approximate surface area is 286 Å². The van der Waals surface area contributed by atoms with E-state index < -0.39 is 144 Å². The first-order chi connectivity index (χ1) is 23.9. The van der Waals surface area contributed by atoms with Crippen molar-refractivity contribution in [3.63, 3.8) is 0 Å². The highest BCUT2D eigenvalue weighted by Gasteiger charge is 2.65. The van der Waals surface area contributed by atoms with Crippen molar-refractivity contribution in [1.29, 1.82) is 0 Å². The van der Waals surface area contributed by atoms with Crippen LogP contribution in [0.2, 0.25) is 0 Å². The number of phenols is 2. The molecule has 4 heterocycles. The zero-order valence-electron chi connectivity index (χ0n) is 25.7. The number of Topliss-reactive ketones (excluding diaryl/α,β-unsaturated/α-hetero) is 1. The predicted octanol–water partition coefficient (Wildman–Crippen LogP) is 0.632. The summed E-state index contributed by atoms with van der Waals surface area (Å²) in [5.41, 5.74) is -1.11. The van der Waals surface area contributed by atoms with Gasteiger partial charge in [0.05, 0.1) is 30.1 Å². The summed E-state index contributed by atoms with van der Waals surface area (Å²) in [4.78, 5) is 106. The summed E-state index contributed by atoms with van der Waals surface area (Å²) in [6, 6.07) is -0.355. The quantitative estimate of drug-likeness (QED) is 0.0735. The molecule has 51 heavy (non-hydrogen) atoms. The maximum absolute atomic E-state index is 13.8. The lowest BCUT2D eigenvalue weighted by molar-refractivity contribution is -0.256. The topological polar surface area (TPSA) is 286 Å². The number of carboxylic acid groups (broad SMARTS) is 2. The van der Waals surface area contributed by atoms with Gasteiger partial charge in [-0.25, -0.2) is 28.1 Å². The molecule has 22 heteroatoms. The maximum atomic E-state index is 13.8. The number of ether oxygens (including phenoxy) is 1. The molecule has 2 saturated heterocycles. The number of imide groups is 1. The van der Waals surface area contributed by atoms with Gasteiger partial charge in [0, 0.05) is 37.5 Å². The molecule has 1 aromatic heterocycles. The Kier molecular flexibility index (Phi) is 8.41. The highest BCUT2D eigenvalue weighted by molar-refractivity contribution is 7.13. The summed E-state index contributed by atoms with van der Waals surface area (Å²) in [6.07, 6.45) is -4.76. The zero-order chi connectivity index (χ0) is 37.2. The van der Waals surface area contributed by atoms with Crippen molar-refractivity contribution in [2.45, 2.75) is 61.8 Å². The molecule has 3 amide bonds. The molecule has 3 atom stereocenters. The number of anilines is 1. The number of rotatable bonds is 10. The van der Waals surface area contributed by atoms with E-state index in [-0.39, 0.29) is 15.9 Å². The van der Waals surface area contributed by atoms with Gasteiger partial charge < -0.3 is 35.7 Å². The molecule has 1 unspecified atom stereocenters. The predicted molar refractivity (Wildman–Crippen MR) is 159 cm³/mol. The number of hydroxylamine groups is 2. The Morgan fingerprint density at radius 2 is 1.63 bits per heavy atom. The average molecular weight is 738 g/mol. The molecule has 1 aliphatic carbocycles. The van der Waals surface area contributed by atoms with Crippen molar-refractivity contribution in [1.82, 2.24) is 14.9 Å². The van der Waals surface area contributed by atoms with Gasteiger partial charge in [-0.05, 0) is 12.1 Å². The number of nitrogens with two attached hydrogens (primary N) is 1. The van der Waals surface area contributed by atoms with Crippen LogP contribution in [0, 0.1) is 5.92 Å². The lowest BCUT2D eigenvalue weighted by atomic mass is 9.83. The smallest absolute Gasteiger partial charge is 0.372 e. The molecule has 3 aliphatic heterocycles. The standard InChI is InChI=1S/C29H25F2N5O14S/c30-28(31)3-1-27(2-4-28,24(44)45)50-34-19(14-10-51-26(32)33-14)18(39)5-11-9-48-36(20(11)40)29(25(46)47)8-15(23(43)49-29)35-21(41)12-6-16(37)17(38)7-13(12)22(35)42/h6-7,10-11,15,37-38H,1-5,8-9H2,(H2,32,33)(H,44,45)(H,46,47)/b34-19-/t11-,15-,29?/m0/s1. The van der Waals surface area contributed by atoms with E-state index in [2.05, 4.69) is 10.1 Å². The first-order valence-corrected chi connectivity index (χ1v) is 15.8. The van der Waals surface area contributed by atoms with Crippen molar-refractivity contribution in [2.24, 2.45) is 11.1 Å². The Morgan fingerprint density at radius 1 is 1.02 bits per heavy atom. The molecule has 1 saturated carbocycles. The lowest BCUT2D eigenvalue weighted by Crippen LogP contribution is -2.56. The molecular weight excluding hydrogens is 712 g/mol. The largest absolute Gasteiger partial charge is 0.504 e. The van der Waals surface area contributed by atoms with E-state index in [1.807, 2.05) is 0 Å². The number of amides is 3. The van der Waals surface area contributed by atoms with E-state index in [4.69, 9.17) is 20.1 Å². The number of thiazole rings is 1. The molecule has 19 nitrogen and oxygen atoms in total. The molecule has 4 aliphatic rings. The van der Waals surface area contributed by atoms with Crippen LogP contribution in [-0.2, 0) is 38.4 Å². The number of nitrogen functional groups attached to an aromatic ring is 1. The third kappa shape index (κ3) is 5.84. The number of oxime groups is 1. The van der Waals surface area contributed by atoms with Crippen molar-refractivity contribution in [3.8, 4) is 11.5 Å². The number of aromatic hydroxyl groups is 2. The molecule has 3 fully saturated rings. The Hall–Kier alpha value is -5.77. The first kappa shape index (κ1) is 35.1. The number of nitrogens with zero attached hydrogens (tertiary/aromatic N) is 4. The number of benzene rings is 1. The molecule has 0 spiro atoms. The van der Waals surface area contributed by atoms with Crippen LogP contribution in [0.25, 0.3) is 0 Å². The van der Waals surface area contributed by atoms with Gasteiger partial charge in [0.25, 0.3) is 17.7 Å². The van der Waals surface area contributed by atoms with Crippen molar-refractivity contribution >= 4 is 63.6 Å². The van der Waals surface area contributed by atoms with Crippen molar-refractivity contribution in [2.75, 3.05) is 12.3 Å². The number of hydrogen-bond donors (Lipinski definition) is 5. The van der Waals surface area contributed by atoms with E-state index in [0.717, 1.165) is 23.5 Å². The summed E-state index contributed by atoms with van der Waals surface area (Å²) in [7, 11) is 0. The summed E-state index contributed by atoms with van der Waals surface area (Å²) in [6.45, 7) is -0.658. The Bertz CT molecular complexity index is 1900. The third-order valence-corrected chi connectivity index (χ3v) is 9.58.